The number of esters is 2. The SMILES string of the molecule is CC(=O)OC1CC(OC(C)=O)c2c(Nc3ccc(C#N)cc3)ncnc21. The second-order valence-electron chi connectivity index (χ2n) is 5.77. The Morgan fingerprint density at radius 2 is 1.77 bits per heavy atom. The molecule has 1 aromatic heterocycles. The molecule has 1 aliphatic carbocycles. The van der Waals surface area contributed by atoms with Crippen LogP contribution in [0.15, 0.2) is 30.6 Å². The van der Waals surface area contributed by atoms with Gasteiger partial charge in [-0.3, -0.25) is 9.59 Å². The van der Waals surface area contributed by atoms with Crippen LogP contribution in [0.4, 0.5) is 11.5 Å². The van der Waals surface area contributed by atoms with Gasteiger partial charge in [0, 0.05) is 26.0 Å². The van der Waals surface area contributed by atoms with E-state index >= 15 is 0 Å². The lowest BCUT2D eigenvalue weighted by Gasteiger charge is -2.15. The summed E-state index contributed by atoms with van der Waals surface area (Å²) in [5.41, 5.74) is 2.34. The van der Waals surface area contributed by atoms with E-state index in [0.29, 0.717) is 28.3 Å². The van der Waals surface area contributed by atoms with Gasteiger partial charge in [-0.2, -0.15) is 5.26 Å². The fraction of sp³-hybridized carbons (Fsp3) is 0.278. The molecule has 0 saturated carbocycles. The molecule has 2 atom stereocenters. The molecule has 26 heavy (non-hydrogen) atoms. The molecule has 3 rings (SSSR count). The number of anilines is 2. The summed E-state index contributed by atoms with van der Waals surface area (Å²) in [6.07, 6.45) is 0.428. The molecule has 8 heteroatoms. The Kier molecular flexibility index (Phi) is 4.80. The first kappa shape index (κ1) is 17.4. The molecule has 0 aliphatic heterocycles. The summed E-state index contributed by atoms with van der Waals surface area (Å²) in [5.74, 6) is -0.428. The van der Waals surface area contributed by atoms with E-state index in [1.54, 1.807) is 24.3 Å². The molecule has 132 valence electrons. The van der Waals surface area contributed by atoms with Gasteiger partial charge in [0.1, 0.15) is 24.4 Å². The third kappa shape index (κ3) is 3.62. The van der Waals surface area contributed by atoms with Crippen LogP contribution in [0.3, 0.4) is 0 Å². The molecule has 0 saturated heterocycles. The molecule has 0 amide bonds. The minimum Gasteiger partial charge on any atom is -0.457 e. The van der Waals surface area contributed by atoms with Crippen molar-refractivity contribution in [2.45, 2.75) is 32.5 Å². The summed E-state index contributed by atoms with van der Waals surface area (Å²) in [7, 11) is 0. The minimum atomic E-state index is -0.617. The highest BCUT2D eigenvalue weighted by Crippen LogP contribution is 2.45. The highest BCUT2D eigenvalue weighted by Gasteiger charge is 2.39. The fourth-order valence-electron chi connectivity index (χ4n) is 2.88. The molecule has 1 aliphatic rings. The maximum atomic E-state index is 11.5. The van der Waals surface area contributed by atoms with Crippen LogP contribution in [0.2, 0.25) is 0 Å². The smallest absolute Gasteiger partial charge is 0.303 e. The van der Waals surface area contributed by atoms with Crippen LogP contribution in [0.1, 0.15) is 49.3 Å². The van der Waals surface area contributed by atoms with Crippen LogP contribution in [-0.4, -0.2) is 21.9 Å². The number of nitrogens with zero attached hydrogens (tertiary/aromatic N) is 3. The number of aromatic nitrogens is 2. The zero-order chi connectivity index (χ0) is 18.7. The van der Waals surface area contributed by atoms with E-state index in [2.05, 4.69) is 21.4 Å². The summed E-state index contributed by atoms with van der Waals surface area (Å²) in [6, 6.07) is 8.89. The Labute approximate surface area is 149 Å². The third-order valence-corrected chi connectivity index (χ3v) is 3.86. The Morgan fingerprint density at radius 1 is 1.12 bits per heavy atom. The van der Waals surface area contributed by atoms with E-state index in [0.717, 1.165) is 0 Å². The zero-order valence-electron chi connectivity index (χ0n) is 14.2. The first-order valence-corrected chi connectivity index (χ1v) is 7.94. The van der Waals surface area contributed by atoms with E-state index in [1.807, 2.05) is 0 Å². The van der Waals surface area contributed by atoms with Crippen molar-refractivity contribution in [3.05, 3.63) is 47.4 Å². The van der Waals surface area contributed by atoms with Gasteiger partial charge in [0.25, 0.3) is 0 Å². The van der Waals surface area contributed by atoms with Crippen molar-refractivity contribution in [2.24, 2.45) is 0 Å². The van der Waals surface area contributed by atoms with E-state index < -0.39 is 24.1 Å². The molecule has 1 aromatic carbocycles. The van der Waals surface area contributed by atoms with Crippen LogP contribution in [0.25, 0.3) is 0 Å². The van der Waals surface area contributed by atoms with Crippen molar-refractivity contribution in [2.75, 3.05) is 5.32 Å². The Hall–Kier alpha value is -3.47. The predicted molar refractivity (Wildman–Crippen MR) is 90.1 cm³/mol. The fourth-order valence-corrected chi connectivity index (χ4v) is 2.88. The molecule has 0 radical (unpaired) electrons. The molecule has 1 N–H and O–H groups in total. The molecule has 0 fully saturated rings. The summed E-state index contributed by atoms with van der Waals surface area (Å²) < 4.78 is 10.7. The molecular weight excluding hydrogens is 336 g/mol. The van der Waals surface area contributed by atoms with Crippen LogP contribution < -0.4 is 5.32 Å². The van der Waals surface area contributed by atoms with Crippen LogP contribution >= 0.6 is 0 Å². The number of fused-ring (bicyclic) bond motifs is 1. The van der Waals surface area contributed by atoms with Crippen molar-refractivity contribution in [1.82, 2.24) is 9.97 Å². The molecule has 8 nitrogen and oxygen atoms in total. The number of carbonyl (C=O) groups excluding carboxylic acids is 2. The molecule has 0 spiro atoms. The maximum absolute atomic E-state index is 11.5. The van der Waals surface area contributed by atoms with Gasteiger partial charge in [-0.05, 0) is 24.3 Å². The molecule has 1 heterocycles. The highest BCUT2D eigenvalue weighted by atomic mass is 16.6. The van der Waals surface area contributed by atoms with Gasteiger partial charge in [0.15, 0.2) is 0 Å². The first-order valence-electron chi connectivity index (χ1n) is 7.94. The third-order valence-electron chi connectivity index (χ3n) is 3.86. The molecular formula is C18H16N4O4. The number of nitrogens with one attached hydrogen (secondary N) is 1. The average molecular weight is 352 g/mol. The Balaban J connectivity index is 1.96. The predicted octanol–water partition coefficient (Wildman–Crippen LogP) is 2.70. The Bertz CT molecular complexity index is 889. The van der Waals surface area contributed by atoms with Gasteiger partial charge in [-0.15, -0.1) is 0 Å². The number of ether oxygens (including phenoxy) is 2. The Morgan fingerprint density at radius 3 is 2.38 bits per heavy atom. The number of carbonyl (C=O) groups is 2. The zero-order valence-corrected chi connectivity index (χ0v) is 14.2. The lowest BCUT2D eigenvalue weighted by molar-refractivity contribution is -0.151. The minimum absolute atomic E-state index is 0.287. The monoisotopic (exact) mass is 352 g/mol. The van der Waals surface area contributed by atoms with Gasteiger partial charge < -0.3 is 14.8 Å². The second-order valence-corrected chi connectivity index (χ2v) is 5.77. The molecule has 2 aromatic rings. The van der Waals surface area contributed by atoms with Crippen molar-refractivity contribution < 1.29 is 19.1 Å². The topological polar surface area (TPSA) is 114 Å². The summed E-state index contributed by atoms with van der Waals surface area (Å²) >= 11 is 0. The van der Waals surface area contributed by atoms with Gasteiger partial charge in [-0.1, -0.05) is 0 Å². The van der Waals surface area contributed by atoms with E-state index in [1.165, 1.54) is 20.2 Å². The summed E-state index contributed by atoms with van der Waals surface area (Å²) in [5, 5.41) is 12.0. The van der Waals surface area contributed by atoms with Crippen molar-refractivity contribution in [3.8, 4) is 6.07 Å². The van der Waals surface area contributed by atoms with Gasteiger partial charge in [0.2, 0.25) is 0 Å². The normalized spacial score (nSPS) is 17.7. The van der Waals surface area contributed by atoms with Crippen LogP contribution in [-0.2, 0) is 19.1 Å². The number of rotatable bonds is 4. The number of benzene rings is 1. The highest BCUT2D eigenvalue weighted by molar-refractivity contribution is 5.69. The summed E-state index contributed by atoms with van der Waals surface area (Å²) in [6.45, 7) is 2.63. The van der Waals surface area contributed by atoms with Crippen molar-refractivity contribution >= 4 is 23.4 Å². The average Bonchev–Trinajstić information content (AvgIpc) is 2.93. The maximum Gasteiger partial charge on any atom is 0.303 e. The van der Waals surface area contributed by atoms with Crippen LogP contribution in [0.5, 0.6) is 0 Å². The van der Waals surface area contributed by atoms with E-state index in [-0.39, 0.29) is 6.42 Å². The van der Waals surface area contributed by atoms with Crippen LogP contribution in [0, 0.1) is 11.3 Å². The number of nitriles is 1. The number of hydrogen-bond donors (Lipinski definition) is 1. The van der Waals surface area contributed by atoms with Gasteiger partial charge >= 0.3 is 11.9 Å². The molecule has 2 unspecified atom stereocenters. The van der Waals surface area contributed by atoms with Gasteiger partial charge in [0.05, 0.1) is 22.9 Å². The number of hydrogen-bond acceptors (Lipinski definition) is 8. The second kappa shape index (κ2) is 7.19. The lowest BCUT2D eigenvalue weighted by Crippen LogP contribution is -2.09. The quantitative estimate of drug-likeness (QED) is 0.835. The first-order chi connectivity index (χ1) is 12.5. The molecule has 0 bridgehead atoms. The van der Waals surface area contributed by atoms with Gasteiger partial charge in [-0.25, -0.2) is 9.97 Å². The van der Waals surface area contributed by atoms with Crippen molar-refractivity contribution in [1.29, 1.82) is 5.26 Å². The summed E-state index contributed by atoms with van der Waals surface area (Å²) in [4.78, 5) is 31.3. The van der Waals surface area contributed by atoms with E-state index in [9.17, 15) is 9.59 Å². The van der Waals surface area contributed by atoms with E-state index in [4.69, 9.17) is 14.7 Å². The standard InChI is InChI=1S/C18H16N4O4/c1-10(23)25-14-7-15(26-11(2)24)17-16(14)18(21-9-20-17)22-13-5-3-12(8-19)4-6-13/h3-6,9,14-15H,7H2,1-2H3,(H,20,21,22). The largest absolute Gasteiger partial charge is 0.457 e. The lowest BCUT2D eigenvalue weighted by atomic mass is 10.2. The van der Waals surface area contributed by atoms with Crippen molar-refractivity contribution in [3.63, 3.8) is 0 Å².